The Bertz CT molecular complexity index is 260. The summed E-state index contributed by atoms with van der Waals surface area (Å²) in [5.74, 6) is -0.219. The maximum absolute atomic E-state index is 11.7. The first-order chi connectivity index (χ1) is 8.08. The molecule has 0 aliphatic carbocycles. The third kappa shape index (κ3) is 8.45. The van der Waals surface area contributed by atoms with E-state index in [4.69, 9.17) is 4.74 Å². The second kappa shape index (κ2) is 7.07. The quantitative estimate of drug-likeness (QED) is 0.665. The van der Waals surface area contributed by atoms with Gasteiger partial charge in [-0.2, -0.15) is 0 Å². The molecule has 0 unspecified atom stereocenters. The first-order valence-corrected chi connectivity index (χ1v) is 6.47. The van der Waals surface area contributed by atoms with Crippen molar-refractivity contribution in [1.82, 2.24) is 0 Å². The van der Waals surface area contributed by atoms with Crippen LogP contribution < -0.4 is 0 Å². The van der Waals surface area contributed by atoms with Crippen LogP contribution in [0.4, 0.5) is 4.53 Å². The fraction of sp³-hybridized carbons (Fsp3) is 0.929. The number of rotatable bonds is 8. The summed E-state index contributed by atoms with van der Waals surface area (Å²) in [4.78, 5) is 14.1. The molecule has 0 aliphatic heterocycles. The Morgan fingerprint density at radius 2 is 1.61 bits per heavy atom. The van der Waals surface area contributed by atoms with Crippen LogP contribution in [0.3, 0.4) is 0 Å². The molecule has 3 nitrogen and oxygen atoms in total. The van der Waals surface area contributed by atoms with Gasteiger partial charge in [0.05, 0.1) is 19.6 Å². The number of ether oxygens (including phenoxy) is 1. The van der Waals surface area contributed by atoms with E-state index in [0.29, 0.717) is 19.1 Å². The van der Waals surface area contributed by atoms with Crippen molar-refractivity contribution in [2.75, 3.05) is 13.2 Å². The molecule has 0 radical (unpaired) electrons. The summed E-state index contributed by atoms with van der Waals surface area (Å²) in [7, 11) is 0. The van der Waals surface area contributed by atoms with Crippen molar-refractivity contribution in [2.24, 2.45) is 16.7 Å². The molecular weight excluding hydrogens is 235 g/mol. The Morgan fingerprint density at radius 1 is 1.11 bits per heavy atom. The molecule has 0 heterocycles. The molecule has 0 amide bonds. The van der Waals surface area contributed by atoms with Crippen molar-refractivity contribution in [3.05, 3.63) is 0 Å². The van der Waals surface area contributed by atoms with E-state index >= 15 is 0 Å². The van der Waals surface area contributed by atoms with E-state index in [0.717, 1.165) is 6.42 Å². The monoisotopic (exact) mass is 262 g/mol. The number of carbonyl (C=O) groups excluding carboxylic acids is 1. The SMILES string of the molecule is CC(C)CC(C)(C)COCC(C)(C)CC(=O)OF. The second-order valence-corrected chi connectivity index (χ2v) is 7.05. The van der Waals surface area contributed by atoms with Crippen molar-refractivity contribution in [1.29, 1.82) is 0 Å². The van der Waals surface area contributed by atoms with Gasteiger partial charge in [0, 0.05) is 4.53 Å². The third-order valence-corrected chi connectivity index (χ3v) is 2.66. The zero-order valence-corrected chi connectivity index (χ0v) is 12.5. The van der Waals surface area contributed by atoms with Crippen LogP contribution in [0.5, 0.6) is 0 Å². The molecule has 0 aromatic heterocycles. The second-order valence-electron chi connectivity index (χ2n) is 7.05. The standard InChI is InChI=1S/C14H27FO3/c1-11(2)7-13(3,4)9-17-10-14(5,6)8-12(16)18-15/h11H,7-10H2,1-6H3. The van der Waals surface area contributed by atoms with Gasteiger partial charge >= 0.3 is 5.97 Å². The Labute approximate surface area is 110 Å². The molecule has 0 N–H and O–H groups in total. The smallest absolute Gasteiger partial charge is 0.349 e. The lowest BCUT2D eigenvalue weighted by molar-refractivity contribution is -0.187. The highest BCUT2D eigenvalue weighted by Crippen LogP contribution is 2.27. The van der Waals surface area contributed by atoms with Crippen LogP contribution in [-0.2, 0) is 14.5 Å². The molecule has 0 bridgehead atoms. The molecule has 0 rings (SSSR count). The fourth-order valence-corrected chi connectivity index (χ4v) is 2.24. The van der Waals surface area contributed by atoms with E-state index in [-0.39, 0.29) is 11.8 Å². The van der Waals surface area contributed by atoms with Crippen LogP contribution in [0.15, 0.2) is 0 Å². The number of hydrogen-bond donors (Lipinski definition) is 0. The normalized spacial score (nSPS) is 12.9. The first kappa shape index (κ1) is 17.4. The van der Waals surface area contributed by atoms with Crippen molar-refractivity contribution < 1.29 is 19.0 Å². The van der Waals surface area contributed by atoms with Gasteiger partial charge in [-0.25, -0.2) is 4.79 Å². The molecule has 0 spiro atoms. The van der Waals surface area contributed by atoms with Crippen molar-refractivity contribution in [3.63, 3.8) is 0 Å². The molecule has 0 aromatic carbocycles. The minimum atomic E-state index is -0.843. The number of hydrogen-bond acceptors (Lipinski definition) is 3. The van der Waals surface area contributed by atoms with E-state index in [9.17, 15) is 9.32 Å². The Balaban J connectivity index is 4.05. The highest BCUT2D eigenvalue weighted by molar-refractivity contribution is 5.69. The minimum absolute atomic E-state index is 0.0219. The van der Waals surface area contributed by atoms with Gasteiger partial charge in [-0.3, -0.25) is 4.94 Å². The largest absolute Gasteiger partial charge is 0.380 e. The van der Waals surface area contributed by atoms with Gasteiger partial charge in [-0.1, -0.05) is 41.5 Å². The Kier molecular flexibility index (Phi) is 6.82. The van der Waals surface area contributed by atoms with Gasteiger partial charge in [-0.05, 0) is 23.2 Å². The predicted octanol–water partition coefficient (Wildman–Crippen LogP) is 3.92. The zero-order valence-electron chi connectivity index (χ0n) is 12.5. The summed E-state index contributed by atoms with van der Waals surface area (Å²) in [5, 5.41) is 0. The average Bonchev–Trinajstić information content (AvgIpc) is 2.13. The van der Waals surface area contributed by atoms with E-state index < -0.39 is 11.4 Å². The van der Waals surface area contributed by atoms with Crippen molar-refractivity contribution in [2.45, 2.75) is 54.4 Å². The van der Waals surface area contributed by atoms with Gasteiger partial charge < -0.3 is 4.74 Å². The lowest BCUT2D eigenvalue weighted by Crippen LogP contribution is -2.28. The minimum Gasteiger partial charge on any atom is -0.380 e. The van der Waals surface area contributed by atoms with Gasteiger partial charge in [0.15, 0.2) is 0 Å². The van der Waals surface area contributed by atoms with Gasteiger partial charge in [-0.15, -0.1) is 0 Å². The summed E-state index contributed by atoms with van der Waals surface area (Å²) >= 11 is 0. The van der Waals surface area contributed by atoms with Crippen molar-refractivity contribution >= 4 is 5.97 Å². The lowest BCUT2D eigenvalue weighted by Gasteiger charge is -2.29. The van der Waals surface area contributed by atoms with Crippen LogP contribution in [0.1, 0.15) is 54.4 Å². The fourth-order valence-electron chi connectivity index (χ4n) is 2.24. The molecule has 0 fully saturated rings. The zero-order chi connectivity index (χ0) is 14.4. The third-order valence-electron chi connectivity index (χ3n) is 2.66. The predicted molar refractivity (Wildman–Crippen MR) is 69.7 cm³/mol. The summed E-state index contributed by atoms with van der Waals surface area (Å²) in [5.41, 5.74) is -0.290. The average molecular weight is 262 g/mol. The van der Waals surface area contributed by atoms with E-state index in [1.54, 1.807) is 0 Å². The maximum Gasteiger partial charge on any atom is 0.349 e. The van der Waals surface area contributed by atoms with Crippen LogP contribution in [0.2, 0.25) is 0 Å². The summed E-state index contributed by atoms with van der Waals surface area (Å²) in [6, 6.07) is 0. The number of halogens is 1. The number of carbonyl (C=O) groups is 1. The molecular formula is C14H27FO3. The van der Waals surface area contributed by atoms with Gasteiger partial charge in [0.2, 0.25) is 0 Å². The van der Waals surface area contributed by atoms with Crippen LogP contribution in [0, 0.1) is 16.7 Å². The highest BCUT2D eigenvalue weighted by Gasteiger charge is 2.26. The van der Waals surface area contributed by atoms with E-state index in [1.807, 2.05) is 13.8 Å². The molecule has 108 valence electrons. The summed E-state index contributed by atoms with van der Waals surface area (Å²) in [6.45, 7) is 13.5. The molecule has 0 atom stereocenters. The molecule has 0 aliphatic rings. The molecule has 4 heteroatoms. The Hall–Kier alpha value is -0.640. The van der Waals surface area contributed by atoms with Gasteiger partial charge in [0.1, 0.15) is 0 Å². The first-order valence-electron chi connectivity index (χ1n) is 6.47. The van der Waals surface area contributed by atoms with Crippen molar-refractivity contribution in [3.8, 4) is 0 Å². The molecule has 0 saturated carbocycles. The molecule has 18 heavy (non-hydrogen) atoms. The summed E-state index contributed by atoms with van der Waals surface area (Å²) in [6.07, 6.45) is 1.11. The lowest BCUT2D eigenvalue weighted by atomic mass is 9.84. The molecule has 0 aromatic rings. The van der Waals surface area contributed by atoms with E-state index in [1.165, 1.54) is 0 Å². The van der Waals surface area contributed by atoms with Gasteiger partial charge in [0.25, 0.3) is 0 Å². The van der Waals surface area contributed by atoms with Crippen LogP contribution >= 0.6 is 0 Å². The highest BCUT2D eigenvalue weighted by atomic mass is 19.3. The topological polar surface area (TPSA) is 35.5 Å². The van der Waals surface area contributed by atoms with E-state index in [2.05, 4.69) is 32.6 Å². The van der Waals surface area contributed by atoms with Crippen LogP contribution in [-0.4, -0.2) is 19.2 Å². The molecule has 0 saturated heterocycles. The Morgan fingerprint density at radius 3 is 2.06 bits per heavy atom. The van der Waals surface area contributed by atoms with Crippen LogP contribution in [0.25, 0.3) is 0 Å². The maximum atomic E-state index is 11.7. The summed E-state index contributed by atoms with van der Waals surface area (Å²) < 4.78 is 17.4.